The maximum absolute atomic E-state index is 12.6. The average Bonchev–Trinajstić information content (AvgIpc) is 3.39. The zero-order valence-corrected chi connectivity index (χ0v) is 20.2. The fourth-order valence-electron chi connectivity index (χ4n) is 3.51. The third kappa shape index (κ3) is 4.78. The molecule has 0 aliphatic rings. The maximum atomic E-state index is 12.6. The summed E-state index contributed by atoms with van der Waals surface area (Å²) in [5, 5.41) is 8.36. The van der Waals surface area contributed by atoms with Gasteiger partial charge in [-0.2, -0.15) is 10.1 Å². The number of fused-ring (bicyclic) bond motifs is 1. The second-order valence-corrected chi connectivity index (χ2v) is 8.77. The Labute approximate surface area is 196 Å². The molecule has 9 heteroatoms. The van der Waals surface area contributed by atoms with Crippen LogP contribution in [0.3, 0.4) is 0 Å². The minimum absolute atomic E-state index is 0.112. The number of aromatic nitrogens is 3. The molecular formula is C24H27N5O3S. The summed E-state index contributed by atoms with van der Waals surface area (Å²) < 4.78 is 13.5. The molecule has 0 saturated heterocycles. The van der Waals surface area contributed by atoms with Crippen molar-refractivity contribution in [1.29, 1.82) is 0 Å². The summed E-state index contributed by atoms with van der Waals surface area (Å²) in [7, 11) is 5.08. The Bertz CT molecular complexity index is 1280. The number of likely N-dealkylation sites (N-methyl/N-ethyl adjacent to an activating group) is 1. The molecule has 1 N–H and O–H groups in total. The van der Waals surface area contributed by atoms with E-state index >= 15 is 0 Å². The number of anilines is 1. The predicted octanol–water partition coefficient (Wildman–Crippen LogP) is 3.87. The number of carbonyl (C=O) groups is 1. The van der Waals surface area contributed by atoms with E-state index < -0.39 is 0 Å². The first-order chi connectivity index (χ1) is 15.9. The fourth-order valence-corrected chi connectivity index (χ4v) is 4.45. The molecule has 33 heavy (non-hydrogen) atoms. The standard InChI is InChI=1S/C24H27N5O3S/c1-15-6-8-18(9-7-15)29-23-22(16(2)27-29)33-24(26-23)28(3)14-21(30)25-13-17-12-19(31-4)10-11-20(17)32-5/h6-12H,13-14H2,1-5H3,(H,25,30). The molecule has 2 aromatic carbocycles. The summed E-state index contributed by atoms with van der Waals surface area (Å²) in [6.45, 7) is 4.55. The van der Waals surface area contributed by atoms with Crippen molar-refractivity contribution in [2.24, 2.45) is 0 Å². The Balaban J connectivity index is 1.47. The van der Waals surface area contributed by atoms with Crippen LogP contribution in [0.2, 0.25) is 0 Å². The third-order valence-electron chi connectivity index (χ3n) is 5.33. The number of aryl methyl sites for hydroxylation is 2. The van der Waals surface area contributed by atoms with Crippen LogP contribution in [0.15, 0.2) is 42.5 Å². The molecule has 0 radical (unpaired) electrons. The van der Waals surface area contributed by atoms with Crippen molar-refractivity contribution in [2.75, 3.05) is 32.7 Å². The summed E-state index contributed by atoms with van der Waals surface area (Å²) in [6.07, 6.45) is 0. The molecule has 0 aliphatic heterocycles. The Morgan fingerprint density at radius 2 is 1.88 bits per heavy atom. The van der Waals surface area contributed by atoms with Crippen LogP contribution in [0.5, 0.6) is 11.5 Å². The smallest absolute Gasteiger partial charge is 0.239 e. The van der Waals surface area contributed by atoms with Gasteiger partial charge in [-0.15, -0.1) is 0 Å². The summed E-state index contributed by atoms with van der Waals surface area (Å²) in [5.41, 5.74) is 4.71. The van der Waals surface area contributed by atoms with Gasteiger partial charge < -0.3 is 19.7 Å². The van der Waals surface area contributed by atoms with Gasteiger partial charge in [-0.3, -0.25) is 4.79 Å². The first-order valence-electron chi connectivity index (χ1n) is 10.5. The van der Waals surface area contributed by atoms with E-state index in [0.717, 1.165) is 32.4 Å². The topological polar surface area (TPSA) is 81.5 Å². The lowest BCUT2D eigenvalue weighted by molar-refractivity contribution is -0.119. The van der Waals surface area contributed by atoms with Crippen molar-refractivity contribution in [3.8, 4) is 17.2 Å². The molecule has 0 fully saturated rings. The zero-order chi connectivity index (χ0) is 23.5. The first kappa shape index (κ1) is 22.6. The van der Waals surface area contributed by atoms with Gasteiger partial charge in [0.25, 0.3) is 0 Å². The normalized spacial score (nSPS) is 10.9. The number of hydrogen-bond donors (Lipinski definition) is 1. The van der Waals surface area contributed by atoms with Gasteiger partial charge in [0.1, 0.15) is 11.5 Å². The Hall–Kier alpha value is -3.59. The highest BCUT2D eigenvalue weighted by atomic mass is 32.1. The zero-order valence-electron chi connectivity index (χ0n) is 19.4. The minimum atomic E-state index is -0.112. The van der Waals surface area contributed by atoms with Crippen molar-refractivity contribution in [3.05, 3.63) is 59.3 Å². The van der Waals surface area contributed by atoms with Crippen LogP contribution in [0.4, 0.5) is 5.13 Å². The number of nitrogens with zero attached hydrogens (tertiary/aromatic N) is 4. The van der Waals surface area contributed by atoms with Crippen molar-refractivity contribution >= 4 is 32.7 Å². The number of rotatable bonds is 8. The summed E-state index contributed by atoms with van der Waals surface area (Å²) in [6, 6.07) is 13.7. The molecule has 4 aromatic rings. The van der Waals surface area contributed by atoms with Gasteiger partial charge in [0.15, 0.2) is 10.8 Å². The third-order valence-corrected chi connectivity index (χ3v) is 6.59. The van der Waals surface area contributed by atoms with Gasteiger partial charge in [-0.05, 0) is 44.2 Å². The lowest BCUT2D eigenvalue weighted by Gasteiger charge is -2.16. The van der Waals surface area contributed by atoms with E-state index in [0.29, 0.717) is 18.0 Å². The van der Waals surface area contributed by atoms with E-state index in [9.17, 15) is 4.79 Å². The monoisotopic (exact) mass is 465 g/mol. The Kier molecular flexibility index (Phi) is 6.50. The van der Waals surface area contributed by atoms with E-state index in [2.05, 4.69) is 29.5 Å². The predicted molar refractivity (Wildman–Crippen MR) is 131 cm³/mol. The van der Waals surface area contributed by atoms with Gasteiger partial charge in [0.2, 0.25) is 5.91 Å². The molecule has 1 amide bonds. The molecule has 172 valence electrons. The molecular weight excluding hydrogens is 438 g/mol. The van der Waals surface area contributed by atoms with Gasteiger partial charge >= 0.3 is 0 Å². The number of nitrogens with one attached hydrogen (secondary N) is 1. The van der Waals surface area contributed by atoms with E-state index in [-0.39, 0.29) is 12.5 Å². The molecule has 0 unspecified atom stereocenters. The molecule has 0 saturated carbocycles. The Morgan fingerprint density at radius 1 is 1.12 bits per heavy atom. The number of methoxy groups -OCH3 is 2. The SMILES string of the molecule is COc1ccc(OC)c(CNC(=O)CN(C)c2nc3c(s2)c(C)nn3-c2ccc(C)cc2)c1. The van der Waals surface area contributed by atoms with Gasteiger partial charge in [0.05, 0.1) is 36.8 Å². The van der Waals surface area contributed by atoms with Crippen LogP contribution in [0, 0.1) is 13.8 Å². The van der Waals surface area contributed by atoms with Crippen molar-refractivity contribution < 1.29 is 14.3 Å². The van der Waals surface area contributed by atoms with E-state index in [1.54, 1.807) is 14.2 Å². The van der Waals surface area contributed by atoms with Crippen LogP contribution < -0.4 is 19.7 Å². The molecule has 0 atom stereocenters. The number of amides is 1. The highest BCUT2D eigenvalue weighted by Crippen LogP contribution is 2.32. The summed E-state index contributed by atoms with van der Waals surface area (Å²) in [5.74, 6) is 1.30. The summed E-state index contributed by atoms with van der Waals surface area (Å²) in [4.78, 5) is 19.3. The fraction of sp³-hybridized carbons (Fsp3) is 0.292. The number of benzene rings is 2. The highest BCUT2D eigenvalue weighted by molar-refractivity contribution is 7.22. The van der Waals surface area contributed by atoms with E-state index in [1.165, 1.54) is 16.9 Å². The number of ether oxygens (including phenoxy) is 2. The quantitative estimate of drug-likeness (QED) is 0.426. The van der Waals surface area contributed by atoms with Crippen molar-refractivity contribution in [3.63, 3.8) is 0 Å². The van der Waals surface area contributed by atoms with Gasteiger partial charge in [0, 0.05) is 19.2 Å². The molecule has 4 rings (SSSR count). The molecule has 0 aliphatic carbocycles. The molecule has 0 bridgehead atoms. The summed E-state index contributed by atoms with van der Waals surface area (Å²) >= 11 is 1.53. The highest BCUT2D eigenvalue weighted by Gasteiger charge is 2.18. The second-order valence-electron chi connectivity index (χ2n) is 7.79. The largest absolute Gasteiger partial charge is 0.497 e. The lowest BCUT2D eigenvalue weighted by Crippen LogP contribution is -2.34. The van der Waals surface area contributed by atoms with E-state index in [1.807, 2.05) is 53.9 Å². The average molecular weight is 466 g/mol. The molecule has 2 heterocycles. The molecule has 2 aromatic heterocycles. The van der Waals surface area contributed by atoms with Crippen LogP contribution in [-0.4, -0.2) is 48.5 Å². The van der Waals surface area contributed by atoms with Crippen LogP contribution in [-0.2, 0) is 11.3 Å². The van der Waals surface area contributed by atoms with Crippen LogP contribution >= 0.6 is 11.3 Å². The lowest BCUT2D eigenvalue weighted by atomic mass is 10.2. The molecule has 0 spiro atoms. The second kappa shape index (κ2) is 9.50. The number of hydrogen-bond acceptors (Lipinski definition) is 7. The van der Waals surface area contributed by atoms with Crippen molar-refractivity contribution in [1.82, 2.24) is 20.1 Å². The van der Waals surface area contributed by atoms with Crippen LogP contribution in [0.25, 0.3) is 16.0 Å². The van der Waals surface area contributed by atoms with Gasteiger partial charge in [-0.25, -0.2) is 4.68 Å². The maximum Gasteiger partial charge on any atom is 0.239 e. The van der Waals surface area contributed by atoms with Crippen LogP contribution in [0.1, 0.15) is 16.8 Å². The first-order valence-corrected chi connectivity index (χ1v) is 11.3. The number of thiazole rings is 1. The number of carbonyl (C=O) groups excluding carboxylic acids is 1. The minimum Gasteiger partial charge on any atom is -0.497 e. The van der Waals surface area contributed by atoms with Crippen molar-refractivity contribution in [2.45, 2.75) is 20.4 Å². The Morgan fingerprint density at radius 3 is 2.58 bits per heavy atom. The van der Waals surface area contributed by atoms with Gasteiger partial charge in [-0.1, -0.05) is 29.0 Å². The van der Waals surface area contributed by atoms with E-state index in [4.69, 9.17) is 14.5 Å². The molecule has 8 nitrogen and oxygen atoms in total.